The first-order valence-corrected chi connectivity index (χ1v) is 4.76. The molecule has 0 aromatic carbocycles. The molecule has 0 saturated carbocycles. The summed E-state index contributed by atoms with van der Waals surface area (Å²) < 4.78 is 11.1. The molecule has 3 heteroatoms. The molecule has 1 N–H and O–H groups in total. The van der Waals surface area contributed by atoms with Gasteiger partial charge in [0.1, 0.15) is 11.9 Å². The molecule has 1 aliphatic heterocycles. The third-order valence-electron chi connectivity index (χ3n) is 2.36. The van der Waals surface area contributed by atoms with E-state index in [1.807, 2.05) is 19.1 Å². The number of ether oxygens (including phenoxy) is 1. The molecule has 13 heavy (non-hydrogen) atoms. The van der Waals surface area contributed by atoms with E-state index < -0.39 is 0 Å². The van der Waals surface area contributed by atoms with Crippen LogP contribution < -0.4 is 5.32 Å². The average Bonchev–Trinajstić information content (AvgIpc) is 2.74. The van der Waals surface area contributed by atoms with Gasteiger partial charge in [0.15, 0.2) is 0 Å². The lowest BCUT2D eigenvalue weighted by atomic mass is 10.2. The molecule has 0 bridgehead atoms. The number of rotatable bonds is 3. The van der Waals surface area contributed by atoms with Crippen molar-refractivity contribution in [1.82, 2.24) is 5.32 Å². The monoisotopic (exact) mass is 181 g/mol. The minimum Gasteiger partial charge on any atom is -0.467 e. The first-order chi connectivity index (χ1) is 6.36. The molecule has 0 amide bonds. The summed E-state index contributed by atoms with van der Waals surface area (Å²) in [4.78, 5) is 0. The van der Waals surface area contributed by atoms with E-state index in [1.54, 1.807) is 6.26 Å². The molecule has 0 spiro atoms. The molecule has 1 aliphatic rings. The summed E-state index contributed by atoms with van der Waals surface area (Å²) in [5, 5.41) is 3.27. The maximum atomic E-state index is 5.80. The summed E-state index contributed by atoms with van der Waals surface area (Å²) in [6.45, 7) is 4.05. The molecule has 2 atom stereocenters. The summed E-state index contributed by atoms with van der Waals surface area (Å²) in [7, 11) is 0. The Kier molecular flexibility index (Phi) is 2.66. The van der Waals surface area contributed by atoms with Crippen LogP contribution in [0.25, 0.3) is 0 Å². The van der Waals surface area contributed by atoms with Gasteiger partial charge in [-0.25, -0.2) is 0 Å². The van der Waals surface area contributed by atoms with Gasteiger partial charge < -0.3 is 14.5 Å². The zero-order chi connectivity index (χ0) is 9.10. The Morgan fingerprint density at radius 2 is 2.62 bits per heavy atom. The number of nitrogens with one attached hydrogen (secondary N) is 1. The summed E-state index contributed by atoms with van der Waals surface area (Å²) >= 11 is 0. The van der Waals surface area contributed by atoms with Gasteiger partial charge in [0.2, 0.25) is 0 Å². The van der Waals surface area contributed by atoms with Crippen molar-refractivity contribution in [2.45, 2.75) is 25.6 Å². The molecule has 0 radical (unpaired) electrons. The van der Waals surface area contributed by atoms with Crippen molar-refractivity contribution in [3.05, 3.63) is 24.2 Å². The van der Waals surface area contributed by atoms with Crippen LogP contribution in [0, 0.1) is 0 Å². The number of hydrogen-bond donors (Lipinski definition) is 1. The van der Waals surface area contributed by atoms with Crippen molar-refractivity contribution in [2.75, 3.05) is 13.1 Å². The molecule has 1 aromatic heterocycles. The minimum atomic E-state index is 0.0694. The fourth-order valence-corrected chi connectivity index (χ4v) is 1.62. The van der Waals surface area contributed by atoms with Crippen LogP contribution in [0.3, 0.4) is 0 Å². The van der Waals surface area contributed by atoms with E-state index in [-0.39, 0.29) is 6.10 Å². The molecule has 72 valence electrons. The van der Waals surface area contributed by atoms with Crippen LogP contribution in [0.1, 0.15) is 25.2 Å². The number of furan rings is 1. The van der Waals surface area contributed by atoms with Gasteiger partial charge in [-0.1, -0.05) is 0 Å². The van der Waals surface area contributed by atoms with E-state index in [0.29, 0.717) is 6.10 Å². The summed E-state index contributed by atoms with van der Waals surface area (Å²) in [5.41, 5.74) is 0. The third-order valence-corrected chi connectivity index (χ3v) is 2.36. The second-order valence-electron chi connectivity index (χ2n) is 3.41. The first-order valence-electron chi connectivity index (χ1n) is 4.76. The maximum absolute atomic E-state index is 5.80. The molecule has 1 saturated heterocycles. The Balaban J connectivity index is 1.87. The van der Waals surface area contributed by atoms with Crippen LogP contribution in [0.4, 0.5) is 0 Å². The number of hydrogen-bond acceptors (Lipinski definition) is 3. The highest BCUT2D eigenvalue weighted by Gasteiger charge is 2.19. The van der Waals surface area contributed by atoms with Crippen LogP contribution in [-0.2, 0) is 4.74 Å². The topological polar surface area (TPSA) is 34.4 Å². The Labute approximate surface area is 78.1 Å². The first kappa shape index (κ1) is 8.78. The maximum Gasteiger partial charge on any atom is 0.132 e. The van der Waals surface area contributed by atoms with Crippen LogP contribution in [0.2, 0.25) is 0 Å². The summed E-state index contributed by atoms with van der Waals surface area (Å²) in [6.07, 6.45) is 3.20. The second-order valence-corrected chi connectivity index (χ2v) is 3.41. The predicted octanol–water partition coefficient (Wildman–Crippen LogP) is 1.72. The zero-order valence-corrected chi connectivity index (χ0v) is 7.82. The normalized spacial score (nSPS) is 24.8. The van der Waals surface area contributed by atoms with Gasteiger partial charge in [-0.05, 0) is 32.0 Å². The zero-order valence-electron chi connectivity index (χ0n) is 7.82. The lowest BCUT2D eigenvalue weighted by molar-refractivity contribution is -0.00297. The van der Waals surface area contributed by atoms with Gasteiger partial charge in [-0.15, -0.1) is 0 Å². The van der Waals surface area contributed by atoms with Crippen molar-refractivity contribution in [2.24, 2.45) is 0 Å². The van der Waals surface area contributed by atoms with E-state index in [9.17, 15) is 0 Å². The molecule has 2 heterocycles. The smallest absolute Gasteiger partial charge is 0.132 e. The van der Waals surface area contributed by atoms with Crippen molar-refractivity contribution >= 4 is 0 Å². The molecule has 2 rings (SSSR count). The highest BCUT2D eigenvalue weighted by Crippen LogP contribution is 2.20. The lowest BCUT2D eigenvalue weighted by Gasteiger charge is -2.15. The van der Waals surface area contributed by atoms with Gasteiger partial charge in [-0.3, -0.25) is 0 Å². The predicted molar refractivity (Wildman–Crippen MR) is 49.5 cm³/mol. The fourth-order valence-electron chi connectivity index (χ4n) is 1.62. The molecular formula is C10H15NO2. The second kappa shape index (κ2) is 3.94. The summed E-state index contributed by atoms with van der Waals surface area (Å²) in [5.74, 6) is 0.909. The van der Waals surface area contributed by atoms with Gasteiger partial charge >= 0.3 is 0 Å². The van der Waals surface area contributed by atoms with E-state index in [0.717, 1.165) is 25.3 Å². The van der Waals surface area contributed by atoms with Crippen LogP contribution in [0.15, 0.2) is 22.8 Å². The largest absolute Gasteiger partial charge is 0.467 e. The minimum absolute atomic E-state index is 0.0694. The van der Waals surface area contributed by atoms with E-state index >= 15 is 0 Å². The molecule has 1 unspecified atom stereocenters. The van der Waals surface area contributed by atoms with Crippen LogP contribution >= 0.6 is 0 Å². The molecule has 1 fully saturated rings. The van der Waals surface area contributed by atoms with Gasteiger partial charge in [0.05, 0.1) is 12.4 Å². The Morgan fingerprint density at radius 3 is 3.23 bits per heavy atom. The molecule has 1 aromatic rings. The van der Waals surface area contributed by atoms with Crippen LogP contribution in [-0.4, -0.2) is 19.2 Å². The Bertz CT molecular complexity index is 239. The van der Waals surface area contributed by atoms with Gasteiger partial charge in [-0.2, -0.15) is 0 Å². The molecule has 0 aliphatic carbocycles. The third kappa shape index (κ3) is 2.11. The molecular weight excluding hydrogens is 166 g/mol. The fraction of sp³-hybridized carbons (Fsp3) is 0.600. The van der Waals surface area contributed by atoms with Crippen molar-refractivity contribution < 1.29 is 9.15 Å². The van der Waals surface area contributed by atoms with Crippen molar-refractivity contribution in [3.63, 3.8) is 0 Å². The van der Waals surface area contributed by atoms with E-state index in [4.69, 9.17) is 9.15 Å². The quantitative estimate of drug-likeness (QED) is 0.771. The lowest BCUT2D eigenvalue weighted by Crippen LogP contribution is -2.18. The molecule has 3 nitrogen and oxygen atoms in total. The SMILES string of the molecule is CC(O[C@H]1CCNC1)c1ccco1. The van der Waals surface area contributed by atoms with Crippen molar-refractivity contribution in [1.29, 1.82) is 0 Å². The highest BCUT2D eigenvalue weighted by molar-refractivity contribution is 5.01. The van der Waals surface area contributed by atoms with Crippen LogP contribution in [0.5, 0.6) is 0 Å². The van der Waals surface area contributed by atoms with E-state index in [1.165, 1.54) is 0 Å². The highest BCUT2D eigenvalue weighted by atomic mass is 16.5. The van der Waals surface area contributed by atoms with Gasteiger partial charge in [0, 0.05) is 6.54 Å². The van der Waals surface area contributed by atoms with Crippen molar-refractivity contribution in [3.8, 4) is 0 Å². The summed E-state index contributed by atoms with van der Waals surface area (Å²) in [6, 6.07) is 3.84. The Hall–Kier alpha value is -0.800. The van der Waals surface area contributed by atoms with Gasteiger partial charge in [0.25, 0.3) is 0 Å². The Morgan fingerprint density at radius 1 is 1.69 bits per heavy atom. The average molecular weight is 181 g/mol. The standard InChI is InChI=1S/C10H15NO2/c1-8(10-3-2-6-12-10)13-9-4-5-11-7-9/h2-3,6,8-9,11H,4-5,7H2,1H3/t8?,9-/m0/s1. The van der Waals surface area contributed by atoms with E-state index in [2.05, 4.69) is 5.32 Å².